The Balaban J connectivity index is 1.57. The summed E-state index contributed by atoms with van der Waals surface area (Å²) in [6, 6.07) is 7.44. The molecule has 3 heterocycles. The Morgan fingerprint density at radius 2 is 1.93 bits per heavy atom. The summed E-state index contributed by atoms with van der Waals surface area (Å²) < 4.78 is 42.7. The Labute approximate surface area is 164 Å². The van der Waals surface area contributed by atoms with Gasteiger partial charge >= 0.3 is 12.2 Å². The number of anilines is 1. The van der Waals surface area contributed by atoms with Gasteiger partial charge in [-0.3, -0.25) is 9.97 Å². The molecule has 0 atom stereocenters. The number of ether oxygens (including phenoxy) is 1. The number of rotatable bonds is 7. The Hall–Kier alpha value is -2.68. The Bertz CT molecular complexity index is 968. The summed E-state index contributed by atoms with van der Waals surface area (Å²) in [5.41, 5.74) is 2.85. The molecule has 0 bridgehead atoms. The van der Waals surface area contributed by atoms with Gasteiger partial charge in [-0.2, -0.15) is 23.1 Å². The second-order valence-electron chi connectivity index (χ2n) is 6.04. The van der Waals surface area contributed by atoms with E-state index in [0.29, 0.717) is 18.4 Å². The van der Waals surface area contributed by atoms with Crippen molar-refractivity contribution in [3.05, 3.63) is 46.9 Å². The van der Waals surface area contributed by atoms with Gasteiger partial charge in [0, 0.05) is 17.5 Å². The zero-order chi connectivity index (χ0) is 20.1. The van der Waals surface area contributed by atoms with Crippen molar-refractivity contribution < 1.29 is 17.9 Å². The van der Waals surface area contributed by atoms with Gasteiger partial charge in [-0.25, -0.2) is 0 Å². The molecular formula is C18H17ClF3N5O. The molecule has 3 rings (SSSR count). The van der Waals surface area contributed by atoms with Gasteiger partial charge in [0.25, 0.3) is 0 Å². The summed E-state index contributed by atoms with van der Waals surface area (Å²) >= 11 is 5.96. The third-order valence-corrected chi connectivity index (χ3v) is 4.21. The maximum absolute atomic E-state index is 12.4. The van der Waals surface area contributed by atoms with Gasteiger partial charge in [0.1, 0.15) is 17.5 Å². The average molecular weight is 412 g/mol. The molecule has 1 N–H and O–H groups in total. The molecule has 148 valence electrons. The van der Waals surface area contributed by atoms with Crippen LogP contribution in [0.3, 0.4) is 0 Å². The minimum Gasteiger partial charge on any atom is -0.463 e. The minimum atomic E-state index is -4.37. The lowest BCUT2D eigenvalue weighted by atomic mass is 10.2. The third-order valence-electron chi connectivity index (χ3n) is 3.84. The predicted molar refractivity (Wildman–Crippen MR) is 99.7 cm³/mol. The molecule has 0 spiro atoms. The van der Waals surface area contributed by atoms with Gasteiger partial charge in [-0.1, -0.05) is 11.6 Å². The SMILES string of the molecule is Cc1c(Cl)nc(OCCCc2ccc3ncccc3n2)nc1NCC(F)(F)F. The van der Waals surface area contributed by atoms with E-state index < -0.39 is 12.7 Å². The number of hydrogen-bond acceptors (Lipinski definition) is 6. The molecule has 0 radical (unpaired) electrons. The van der Waals surface area contributed by atoms with Crippen LogP contribution in [0, 0.1) is 6.92 Å². The van der Waals surface area contributed by atoms with Crippen molar-refractivity contribution in [2.45, 2.75) is 25.9 Å². The number of alkyl halides is 3. The van der Waals surface area contributed by atoms with E-state index >= 15 is 0 Å². The van der Waals surface area contributed by atoms with E-state index in [1.807, 2.05) is 24.3 Å². The number of nitrogens with one attached hydrogen (secondary N) is 1. The topological polar surface area (TPSA) is 72.8 Å². The first-order valence-electron chi connectivity index (χ1n) is 8.50. The maximum Gasteiger partial charge on any atom is 0.405 e. The average Bonchev–Trinajstić information content (AvgIpc) is 2.66. The fourth-order valence-corrected chi connectivity index (χ4v) is 2.61. The number of pyridine rings is 2. The highest BCUT2D eigenvalue weighted by Gasteiger charge is 2.27. The smallest absolute Gasteiger partial charge is 0.405 e. The van der Waals surface area contributed by atoms with E-state index in [1.54, 1.807) is 6.20 Å². The summed E-state index contributed by atoms with van der Waals surface area (Å²) in [6.07, 6.45) is -1.38. The van der Waals surface area contributed by atoms with Crippen molar-refractivity contribution in [2.75, 3.05) is 18.5 Å². The van der Waals surface area contributed by atoms with Gasteiger partial charge < -0.3 is 10.1 Å². The zero-order valence-electron chi connectivity index (χ0n) is 14.9. The van der Waals surface area contributed by atoms with Crippen LogP contribution < -0.4 is 10.1 Å². The number of hydrogen-bond donors (Lipinski definition) is 1. The first kappa shape index (κ1) is 20.1. The normalized spacial score (nSPS) is 11.6. The lowest BCUT2D eigenvalue weighted by Gasteiger charge is -2.13. The van der Waals surface area contributed by atoms with Gasteiger partial charge in [0.15, 0.2) is 0 Å². The molecule has 0 saturated heterocycles. The number of fused-ring (bicyclic) bond motifs is 1. The van der Waals surface area contributed by atoms with E-state index in [0.717, 1.165) is 16.7 Å². The first-order chi connectivity index (χ1) is 13.3. The number of nitrogens with zero attached hydrogens (tertiary/aromatic N) is 4. The monoisotopic (exact) mass is 411 g/mol. The molecule has 0 saturated carbocycles. The highest BCUT2D eigenvalue weighted by Crippen LogP contribution is 2.24. The van der Waals surface area contributed by atoms with Crippen LogP contribution in [-0.2, 0) is 6.42 Å². The first-order valence-corrected chi connectivity index (χ1v) is 8.88. The molecule has 0 unspecified atom stereocenters. The third kappa shape index (κ3) is 5.41. The fraction of sp³-hybridized carbons (Fsp3) is 0.333. The van der Waals surface area contributed by atoms with E-state index in [2.05, 4.69) is 25.3 Å². The lowest BCUT2D eigenvalue weighted by molar-refractivity contribution is -0.115. The van der Waals surface area contributed by atoms with Crippen LogP contribution in [-0.4, -0.2) is 39.3 Å². The minimum absolute atomic E-state index is 0.00368. The highest BCUT2D eigenvalue weighted by molar-refractivity contribution is 6.30. The standard InChI is InChI=1S/C18H17ClF3N5O/c1-11-15(19)26-17(27-16(11)24-10-18(20,21)22)28-9-3-4-12-6-7-13-14(25-12)5-2-8-23-13/h2,5-8H,3-4,9-10H2,1H3,(H,24,26,27). The van der Waals surface area contributed by atoms with Crippen molar-refractivity contribution >= 4 is 28.5 Å². The molecule has 6 nitrogen and oxygen atoms in total. The molecule has 3 aromatic heterocycles. The number of halogens is 4. The summed E-state index contributed by atoms with van der Waals surface area (Å²) in [4.78, 5) is 16.7. The van der Waals surface area contributed by atoms with Gasteiger partial charge in [0.2, 0.25) is 0 Å². The van der Waals surface area contributed by atoms with E-state index in [-0.39, 0.29) is 23.6 Å². The molecule has 0 aromatic carbocycles. The predicted octanol–water partition coefficient (Wildman–Crippen LogP) is 4.37. The largest absolute Gasteiger partial charge is 0.463 e. The molecule has 0 amide bonds. The van der Waals surface area contributed by atoms with Crippen LogP contribution in [0.4, 0.5) is 19.0 Å². The van der Waals surface area contributed by atoms with Gasteiger partial charge in [-0.15, -0.1) is 0 Å². The maximum atomic E-state index is 12.4. The van der Waals surface area contributed by atoms with Crippen molar-refractivity contribution in [3.8, 4) is 6.01 Å². The molecule has 10 heteroatoms. The Morgan fingerprint density at radius 1 is 1.11 bits per heavy atom. The van der Waals surface area contributed by atoms with Crippen LogP contribution >= 0.6 is 11.6 Å². The molecule has 0 aliphatic rings. The van der Waals surface area contributed by atoms with E-state index in [4.69, 9.17) is 16.3 Å². The molecule has 0 aliphatic carbocycles. The van der Waals surface area contributed by atoms with Crippen molar-refractivity contribution in [1.29, 1.82) is 0 Å². The van der Waals surface area contributed by atoms with Crippen LogP contribution in [0.2, 0.25) is 5.15 Å². The van der Waals surface area contributed by atoms with Crippen LogP contribution in [0.5, 0.6) is 6.01 Å². The number of aromatic nitrogens is 4. The van der Waals surface area contributed by atoms with Gasteiger partial charge in [0.05, 0.1) is 17.6 Å². The second kappa shape index (κ2) is 8.55. The summed E-state index contributed by atoms with van der Waals surface area (Å²) in [5.74, 6) is -0.00368. The Kier molecular flexibility index (Phi) is 6.13. The summed E-state index contributed by atoms with van der Waals surface area (Å²) in [6.45, 7) is 0.582. The van der Waals surface area contributed by atoms with E-state index in [9.17, 15) is 13.2 Å². The summed E-state index contributed by atoms with van der Waals surface area (Å²) in [7, 11) is 0. The molecule has 3 aromatic rings. The summed E-state index contributed by atoms with van der Waals surface area (Å²) in [5, 5.41) is 2.25. The highest BCUT2D eigenvalue weighted by atomic mass is 35.5. The van der Waals surface area contributed by atoms with Crippen LogP contribution in [0.25, 0.3) is 11.0 Å². The second-order valence-corrected chi connectivity index (χ2v) is 6.39. The number of aryl methyl sites for hydroxylation is 1. The fourth-order valence-electron chi connectivity index (χ4n) is 2.45. The quantitative estimate of drug-likeness (QED) is 0.460. The van der Waals surface area contributed by atoms with E-state index in [1.165, 1.54) is 6.92 Å². The molecular weight excluding hydrogens is 395 g/mol. The lowest BCUT2D eigenvalue weighted by Crippen LogP contribution is -2.22. The Morgan fingerprint density at radius 3 is 2.71 bits per heavy atom. The molecule has 28 heavy (non-hydrogen) atoms. The van der Waals surface area contributed by atoms with Crippen molar-refractivity contribution in [1.82, 2.24) is 19.9 Å². The molecule has 0 fully saturated rings. The van der Waals surface area contributed by atoms with Crippen molar-refractivity contribution in [2.24, 2.45) is 0 Å². The van der Waals surface area contributed by atoms with Crippen LogP contribution in [0.15, 0.2) is 30.5 Å². The van der Waals surface area contributed by atoms with Crippen LogP contribution in [0.1, 0.15) is 17.7 Å². The van der Waals surface area contributed by atoms with Gasteiger partial charge in [-0.05, 0) is 44.0 Å². The zero-order valence-corrected chi connectivity index (χ0v) is 15.7. The molecule has 0 aliphatic heterocycles. The van der Waals surface area contributed by atoms with Crippen molar-refractivity contribution in [3.63, 3.8) is 0 Å².